The van der Waals surface area contributed by atoms with E-state index in [-0.39, 0.29) is 5.78 Å². The highest BCUT2D eigenvalue weighted by molar-refractivity contribution is 6.28. The monoisotopic (exact) mass is 509 g/mol. The molecule has 4 aromatic rings. The van der Waals surface area contributed by atoms with E-state index in [1.54, 1.807) is 0 Å². The lowest BCUT2D eigenvalue weighted by Crippen LogP contribution is -2.15. The molecule has 0 aliphatic heterocycles. The molecule has 5 rings (SSSR count). The summed E-state index contributed by atoms with van der Waals surface area (Å²) in [5, 5.41) is 0.877. The SMILES string of the molecule is CN(C)CCCOc1ccc(-c2nc3ccccc3c3c2-c2ccc(OCCCN(C)C)cc2C3=O)cc1. The van der Waals surface area contributed by atoms with E-state index >= 15 is 0 Å². The number of para-hydroxylation sites is 1. The zero-order valence-corrected chi connectivity index (χ0v) is 22.7. The third-order valence-electron chi connectivity index (χ3n) is 6.79. The van der Waals surface area contributed by atoms with Gasteiger partial charge in [-0.15, -0.1) is 0 Å². The Morgan fingerprint density at radius 3 is 2.03 bits per heavy atom. The molecule has 0 fully saturated rings. The lowest BCUT2D eigenvalue weighted by atomic mass is 9.96. The zero-order valence-electron chi connectivity index (χ0n) is 22.7. The molecule has 6 nitrogen and oxygen atoms in total. The number of ether oxygens (including phenoxy) is 2. The third-order valence-corrected chi connectivity index (χ3v) is 6.79. The average molecular weight is 510 g/mol. The molecule has 38 heavy (non-hydrogen) atoms. The fourth-order valence-corrected chi connectivity index (χ4v) is 4.92. The molecule has 0 unspecified atom stereocenters. The molecule has 1 aliphatic rings. The van der Waals surface area contributed by atoms with Crippen LogP contribution in [0.3, 0.4) is 0 Å². The van der Waals surface area contributed by atoms with Crippen molar-refractivity contribution in [2.75, 3.05) is 54.5 Å². The van der Waals surface area contributed by atoms with Crippen LogP contribution in [0.25, 0.3) is 33.3 Å². The van der Waals surface area contributed by atoms with Crippen molar-refractivity contribution in [2.24, 2.45) is 0 Å². The number of aromatic nitrogens is 1. The Hall–Kier alpha value is -3.74. The molecule has 1 aliphatic carbocycles. The molecule has 196 valence electrons. The van der Waals surface area contributed by atoms with Crippen LogP contribution in [0.2, 0.25) is 0 Å². The van der Waals surface area contributed by atoms with Crippen LogP contribution in [0.1, 0.15) is 28.8 Å². The van der Waals surface area contributed by atoms with Gasteiger partial charge >= 0.3 is 0 Å². The third kappa shape index (κ3) is 5.42. The van der Waals surface area contributed by atoms with Crippen LogP contribution in [0, 0.1) is 0 Å². The summed E-state index contributed by atoms with van der Waals surface area (Å²) in [6.45, 7) is 3.22. The van der Waals surface area contributed by atoms with Gasteiger partial charge in [0.05, 0.1) is 24.4 Å². The van der Waals surface area contributed by atoms with Crippen LogP contribution in [0.5, 0.6) is 11.5 Å². The van der Waals surface area contributed by atoms with E-state index in [9.17, 15) is 4.79 Å². The Bertz CT molecular complexity index is 1440. The van der Waals surface area contributed by atoms with Crippen molar-refractivity contribution in [3.8, 4) is 33.9 Å². The van der Waals surface area contributed by atoms with E-state index in [4.69, 9.17) is 14.5 Å². The number of ketones is 1. The molecule has 3 aromatic carbocycles. The van der Waals surface area contributed by atoms with Crippen LogP contribution in [0.15, 0.2) is 66.7 Å². The molecular weight excluding hydrogens is 474 g/mol. The molecule has 6 heteroatoms. The van der Waals surface area contributed by atoms with E-state index in [0.29, 0.717) is 18.8 Å². The predicted molar refractivity (Wildman–Crippen MR) is 153 cm³/mol. The summed E-state index contributed by atoms with van der Waals surface area (Å²) in [6.07, 6.45) is 1.89. The van der Waals surface area contributed by atoms with Crippen molar-refractivity contribution < 1.29 is 14.3 Å². The Morgan fingerprint density at radius 2 is 1.34 bits per heavy atom. The molecule has 0 bridgehead atoms. The predicted octanol–water partition coefficient (Wildman–Crippen LogP) is 5.77. The number of pyridine rings is 1. The zero-order chi connectivity index (χ0) is 26.6. The topological polar surface area (TPSA) is 54.9 Å². The maximum absolute atomic E-state index is 13.8. The van der Waals surface area contributed by atoms with Gasteiger partial charge in [0.2, 0.25) is 0 Å². The van der Waals surface area contributed by atoms with Gasteiger partial charge in [0.25, 0.3) is 0 Å². The van der Waals surface area contributed by atoms with Gasteiger partial charge in [-0.05, 0) is 95.1 Å². The number of hydrogen-bond donors (Lipinski definition) is 0. The highest BCUT2D eigenvalue weighted by Gasteiger charge is 2.32. The second kappa shape index (κ2) is 11.3. The van der Waals surface area contributed by atoms with Crippen molar-refractivity contribution in [3.05, 3.63) is 77.9 Å². The Balaban J connectivity index is 1.48. The minimum Gasteiger partial charge on any atom is -0.494 e. The molecule has 0 radical (unpaired) electrons. The van der Waals surface area contributed by atoms with Crippen molar-refractivity contribution in [1.29, 1.82) is 0 Å². The fourth-order valence-electron chi connectivity index (χ4n) is 4.92. The minimum atomic E-state index is 0.0226. The smallest absolute Gasteiger partial charge is 0.195 e. The summed E-state index contributed by atoms with van der Waals surface area (Å²) in [5.74, 6) is 1.57. The number of carbonyl (C=O) groups excluding carboxylic acids is 1. The van der Waals surface area contributed by atoms with E-state index in [1.165, 1.54) is 0 Å². The number of rotatable bonds is 11. The number of nitrogens with zero attached hydrogens (tertiary/aromatic N) is 3. The molecule has 0 saturated heterocycles. The highest BCUT2D eigenvalue weighted by atomic mass is 16.5. The van der Waals surface area contributed by atoms with E-state index in [0.717, 1.165) is 76.3 Å². The number of hydrogen-bond acceptors (Lipinski definition) is 6. The summed E-state index contributed by atoms with van der Waals surface area (Å²) < 4.78 is 11.9. The van der Waals surface area contributed by atoms with Crippen LogP contribution >= 0.6 is 0 Å². The normalized spacial score (nSPS) is 12.3. The van der Waals surface area contributed by atoms with Gasteiger partial charge in [0, 0.05) is 40.7 Å². The number of fused-ring (bicyclic) bond motifs is 5. The van der Waals surface area contributed by atoms with Crippen molar-refractivity contribution in [3.63, 3.8) is 0 Å². The van der Waals surface area contributed by atoms with Gasteiger partial charge in [-0.2, -0.15) is 0 Å². The largest absolute Gasteiger partial charge is 0.494 e. The Kier molecular flexibility index (Phi) is 7.72. The first-order valence-electron chi connectivity index (χ1n) is 13.2. The Labute approximate surface area is 224 Å². The van der Waals surface area contributed by atoms with E-state index in [1.807, 2.05) is 80.8 Å². The summed E-state index contributed by atoms with van der Waals surface area (Å²) in [4.78, 5) is 23.1. The quantitative estimate of drug-likeness (QED) is 0.211. The number of carbonyl (C=O) groups is 1. The summed E-state index contributed by atoms with van der Waals surface area (Å²) >= 11 is 0. The minimum absolute atomic E-state index is 0.0226. The lowest BCUT2D eigenvalue weighted by Gasteiger charge is -2.13. The molecule has 1 aromatic heterocycles. The summed E-state index contributed by atoms with van der Waals surface area (Å²) in [6, 6.07) is 21.7. The number of benzene rings is 3. The van der Waals surface area contributed by atoms with Gasteiger partial charge < -0.3 is 19.3 Å². The van der Waals surface area contributed by atoms with Crippen molar-refractivity contribution in [2.45, 2.75) is 12.8 Å². The first-order chi connectivity index (χ1) is 18.4. The standard InChI is InChI=1S/C32H35N3O3/c1-34(2)17-7-19-37-23-13-11-22(12-14-23)31-29-25-16-15-24(38-20-8-18-35(3)4)21-27(25)32(36)30(29)26-9-5-6-10-28(26)33-31/h5-6,9-16,21H,7-8,17-20H2,1-4H3. The van der Waals surface area contributed by atoms with Gasteiger partial charge in [-0.3, -0.25) is 4.79 Å². The van der Waals surface area contributed by atoms with Gasteiger partial charge in [0.1, 0.15) is 11.5 Å². The van der Waals surface area contributed by atoms with Crippen LogP contribution in [0.4, 0.5) is 0 Å². The summed E-state index contributed by atoms with van der Waals surface area (Å²) in [5.41, 5.74) is 5.76. The van der Waals surface area contributed by atoms with Crippen LogP contribution in [-0.2, 0) is 0 Å². The van der Waals surface area contributed by atoms with Crippen molar-refractivity contribution in [1.82, 2.24) is 14.8 Å². The first kappa shape index (κ1) is 25.9. The Morgan fingerprint density at radius 1 is 0.711 bits per heavy atom. The van der Waals surface area contributed by atoms with Crippen LogP contribution in [-0.4, -0.2) is 75.1 Å². The summed E-state index contributed by atoms with van der Waals surface area (Å²) in [7, 11) is 8.22. The van der Waals surface area contributed by atoms with Gasteiger partial charge in [0.15, 0.2) is 5.78 Å². The average Bonchev–Trinajstić information content (AvgIpc) is 3.21. The maximum atomic E-state index is 13.8. The first-order valence-corrected chi connectivity index (χ1v) is 13.2. The maximum Gasteiger partial charge on any atom is 0.195 e. The van der Waals surface area contributed by atoms with E-state index < -0.39 is 0 Å². The molecule has 0 amide bonds. The fraction of sp³-hybridized carbons (Fsp3) is 0.312. The molecule has 0 saturated carbocycles. The van der Waals surface area contributed by atoms with Gasteiger partial charge in [-0.25, -0.2) is 4.98 Å². The lowest BCUT2D eigenvalue weighted by molar-refractivity contribution is 0.104. The van der Waals surface area contributed by atoms with E-state index in [2.05, 4.69) is 23.9 Å². The molecular formula is C32H35N3O3. The second-order valence-electron chi connectivity index (χ2n) is 10.3. The molecule has 1 heterocycles. The molecule has 0 spiro atoms. The van der Waals surface area contributed by atoms with Crippen molar-refractivity contribution >= 4 is 16.7 Å². The second-order valence-corrected chi connectivity index (χ2v) is 10.3. The van der Waals surface area contributed by atoms with Gasteiger partial charge in [-0.1, -0.05) is 18.2 Å². The molecule has 0 N–H and O–H groups in total. The van der Waals surface area contributed by atoms with Crippen LogP contribution < -0.4 is 9.47 Å². The highest BCUT2D eigenvalue weighted by Crippen LogP contribution is 2.46. The molecule has 0 atom stereocenters.